The van der Waals surface area contributed by atoms with E-state index in [9.17, 15) is 13.2 Å². The molecule has 0 bridgehead atoms. The van der Waals surface area contributed by atoms with E-state index in [4.69, 9.17) is 9.47 Å². The van der Waals surface area contributed by atoms with Crippen molar-refractivity contribution in [2.45, 2.75) is 37.5 Å². The second-order valence-electron chi connectivity index (χ2n) is 7.73. The molecule has 1 saturated heterocycles. The van der Waals surface area contributed by atoms with E-state index in [2.05, 4.69) is 13.8 Å². The quantitative estimate of drug-likeness (QED) is 0.469. The van der Waals surface area contributed by atoms with Gasteiger partial charge in [0.2, 0.25) is 10.0 Å². The standard InChI is InChI=1S/C23H29NO5S/c1-18(2)19-8-10-22(11-9-19)30(26,27)24-14-12-20(13-15-24)23(25)29-17-16-28-21-6-4-3-5-7-21/h3-11,18,20H,12-17H2,1-2H3. The van der Waals surface area contributed by atoms with Crippen LogP contribution in [0.25, 0.3) is 0 Å². The zero-order valence-electron chi connectivity index (χ0n) is 17.5. The van der Waals surface area contributed by atoms with Gasteiger partial charge in [0, 0.05) is 13.1 Å². The molecule has 0 aliphatic carbocycles. The Kier molecular flexibility index (Phi) is 7.50. The molecule has 1 heterocycles. The number of carbonyl (C=O) groups excluding carboxylic acids is 1. The van der Waals surface area contributed by atoms with E-state index in [1.807, 2.05) is 42.5 Å². The number of nitrogens with zero attached hydrogens (tertiary/aromatic N) is 1. The highest BCUT2D eigenvalue weighted by atomic mass is 32.2. The van der Waals surface area contributed by atoms with Gasteiger partial charge in [0.15, 0.2) is 0 Å². The molecule has 7 heteroatoms. The van der Waals surface area contributed by atoms with Gasteiger partial charge in [-0.2, -0.15) is 4.31 Å². The Hall–Kier alpha value is -2.38. The lowest BCUT2D eigenvalue weighted by molar-refractivity contribution is -0.150. The van der Waals surface area contributed by atoms with Gasteiger partial charge in [0.05, 0.1) is 10.8 Å². The number of carbonyl (C=O) groups is 1. The minimum Gasteiger partial charge on any atom is -0.490 e. The van der Waals surface area contributed by atoms with Crippen LogP contribution in [0.3, 0.4) is 0 Å². The molecular formula is C23H29NO5S. The average molecular weight is 432 g/mol. The van der Waals surface area contributed by atoms with Crippen LogP contribution in [0.4, 0.5) is 0 Å². The SMILES string of the molecule is CC(C)c1ccc(S(=O)(=O)N2CCC(C(=O)OCCOc3ccccc3)CC2)cc1. The molecule has 0 aromatic heterocycles. The van der Waals surface area contributed by atoms with Gasteiger partial charge in [0.1, 0.15) is 19.0 Å². The normalized spacial score (nSPS) is 15.8. The van der Waals surface area contributed by atoms with E-state index < -0.39 is 10.0 Å². The predicted octanol–water partition coefficient (Wildman–Crippen LogP) is 3.83. The van der Waals surface area contributed by atoms with Crippen molar-refractivity contribution in [3.05, 3.63) is 60.2 Å². The van der Waals surface area contributed by atoms with E-state index >= 15 is 0 Å². The fourth-order valence-electron chi connectivity index (χ4n) is 3.44. The number of para-hydroxylation sites is 1. The molecule has 2 aromatic carbocycles. The van der Waals surface area contributed by atoms with Gasteiger partial charge in [-0.1, -0.05) is 44.2 Å². The first-order valence-electron chi connectivity index (χ1n) is 10.3. The van der Waals surface area contributed by atoms with Crippen molar-refractivity contribution in [2.75, 3.05) is 26.3 Å². The number of piperidine rings is 1. The van der Waals surface area contributed by atoms with Crippen LogP contribution >= 0.6 is 0 Å². The first-order valence-corrected chi connectivity index (χ1v) is 11.8. The van der Waals surface area contributed by atoms with Crippen LogP contribution in [-0.2, 0) is 19.6 Å². The van der Waals surface area contributed by atoms with Gasteiger partial charge < -0.3 is 9.47 Å². The molecule has 3 rings (SSSR count). The fraction of sp³-hybridized carbons (Fsp3) is 0.435. The second-order valence-corrected chi connectivity index (χ2v) is 9.67. The van der Waals surface area contributed by atoms with Crippen molar-refractivity contribution in [1.82, 2.24) is 4.31 Å². The van der Waals surface area contributed by atoms with Gasteiger partial charge in [-0.3, -0.25) is 4.79 Å². The summed E-state index contributed by atoms with van der Waals surface area (Å²) in [6, 6.07) is 16.4. The first kappa shape index (κ1) is 22.3. The van der Waals surface area contributed by atoms with Gasteiger partial charge in [-0.15, -0.1) is 0 Å². The van der Waals surface area contributed by atoms with Crippen LogP contribution in [0.2, 0.25) is 0 Å². The van der Waals surface area contributed by atoms with Crippen LogP contribution in [0.5, 0.6) is 5.75 Å². The summed E-state index contributed by atoms with van der Waals surface area (Å²) in [6.45, 7) is 5.23. The third-order valence-electron chi connectivity index (χ3n) is 5.31. The smallest absolute Gasteiger partial charge is 0.309 e. The van der Waals surface area contributed by atoms with E-state index in [0.717, 1.165) is 11.3 Å². The Bertz CT molecular complexity index is 918. The Morgan fingerprint density at radius 2 is 1.63 bits per heavy atom. The molecule has 0 N–H and O–H groups in total. The average Bonchev–Trinajstić information content (AvgIpc) is 2.77. The summed E-state index contributed by atoms with van der Waals surface area (Å²) in [5.74, 6) is 0.511. The molecule has 30 heavy (non-hydrogen) atoms. The maximum absolute atomic E-state index is 12.9. The van der Waals surface area contributed by atoms with E-state index in [0.29, 0.717) is 36.7 Å². The van der Waals surface area contributed by atoms with Gasteiger partial charge in [-0.25, -0.2) is 8.42 Å². The number of hydrogen-bond acceptors (Lipinski definition) is 5. The number of ether oxygens (including phenoxy) is 2. The maximum atomic E-state index is 12.9. The molecular weight excluding hydrogens is 402 g/mol. The molecule has 0 saturated carbocycles. The third kappa shape index (κ3) is 5.61. The van der Waals surface area contributed by atoms with Crippen molar-refractivity contribution in [2.24, 2.45) is 5.92 Å². The van der Waals surface area contributed by atoms with Crippen LogP contribution in [-0.4, -0.2) is 45.0 Å². The molecule has 0 radical (unpaired) electrons. The number of hydrogen-bond donors (Lipinski definition) is 0. The highest BCUT2D eigenvalue weighted by molar-refractivity contribution is 7.89. The summed E-state index contributed by atoms with van der Waals surface area (Å²) in [7, 11) is -3.54. The Morgan fingerprint density at radius 1 is 1.00 bits per heavy atom. The van der Waals surface area contributed by atoms with Gasteiger partial charge in [-0.05, 0) is 48.6 Å². The lowest BCUT2D eigenvalue weighted by atomic mass is 9.98. The molecule has 0 spiro atoms. The highest BCUT2D eigenvalue weighted by Gasteiger charge is 2.32. The molecule has 1 aliphatic heterocycles. The van der Waals surface area contributed by atoms with Crippen molar-refractivity contribution >= 4 is 16.0 Å². The van der Waals surface area contributed by atoms with Crippen LogP contribution in [0, 0.1) is 5.92 Å². The Labute approximate surface area is 178 Å². The number of sulfonamides is 1. The second kappa shape index (κ2) is 10.1. The van der Waals surface area contributed by atoms with Crippen LogP contribution in [0.15, 0.2) is 59.5 Å². The Balaban J connectivity index is 1.45. The van der Waals surface area contributed by atoms with Crippen LogP contribution in [0.1, 0.15) is 38.2 Å². The Morgan fingerprint density at radius 3 is 2.23 bits per heavy atom. The van der Waals surface area contributed by atoms with Crippen molar-refractivity contribution < 1.29 is 22.7 Å². The summed E-state index contributed by atoms with van der Waals surface area (Å²) < 4.78 is 38.1. The molecule has 162 valence electrons. The molecule has 0 amide bonds. The molecule has 2 aromatic rings. The lowest BCUT2D eigenvalue weighted by Gasteiger charge is -2.30. The number of esters is 1. The van der Waals surface area contributed by atoms with Crippen molar-refractivity contribution in [3.63, 3.8) is 0 Å². The third-order valence-corrected chi connectivity index (χ3v) is 7.22. The topological polar surface area (TPSA) is 72.9 Å². The lowest BCUT2D eigenvalue weighted by Crippen LogP contribution is -2.40. The van der Waals surface area contributed by atoms with E-state index in [-0.39, 0.29) is 25.1 Å². The largest absolute Gasteiger partial charge is 0.490 e. The molecule has 6 nitrogen and oxygen atoms in total. The number of rotatable bonds is 8. The zero-order chi connectivity index (χ0) is 21.6. The predicted molar refractivity (Wildman–Crippen MR) is 115 cm³/mol. The molecule has 0 unspecified atom stereocenters. The summed E-state index contributed by atoms with van der Waals surface area (Å²) in [5, 5.41) is 0. The van der Waals surface area contributed by atoms with Gasteiger partial charge in [0.25, 0.3) is 0 Å². The molecule has 1 aliphatic rings. The van der Waals surface area contributed by atoms with Crippen molar-refractivity contribution in [3.8, 4) is 5.75 Å². The minimum atomic E-state index is -3.54. The van der Waals surface area contributed by atoms with E-state index in [1.54, 1.807) is 12.1 Å². The molecule has 1 fully saturated rings. The highest BCUT2D eigenvalue weighted by Crippen LogP contribution is 2.26. The summed E-state index contributed by atoms with van der Waals surface area (Å²) >= 11 is 0. The molecule has 0 atom stereocenters. The first-order chi connectivity index (χ1) is 14.4. The monoisotopic (exact) mass is 431 g/mol. The fourth-order valence-corrected chi connectivity index (χ4v) is 4.91. The maximum Gasteiger partial charge on any atom is 0.309 e. The van der Waals surface area contributed by atoms with E-state index in [1.165, 1.54) is 4.31 Å². The zero-order valence-corrected chi connectivity index (χ0v) is 18.3. The van der Waals surface area contributed by atoms with Crippen LogP contribution < -0.4 is 4.74 Å². The minimum absolute atomic E-state index is 0.175. The number of benzene rings is 2. The summed E-state index contributed by atoms with van der Waals surface area (Å²) in [4.78, 5) is 12.6. The summed E-state index contributed by atoms with van der Waals surface area (Å²) in [5.41, 5.74) is 1.10. The van der Waals surface area contributed by atoms with Crippen molar-refractivity contribution in [1.29, 1.82) is 0 Å². The summed E-state index contributed by atoms with van der Waals surface area (Å²) in [6.07, 6.45) is 0.920. The van der Waals surface area contributed by atoms with Gasteiger partial charge >= 0.3 is 5.97 Å².